The van der Waals surface area contributed by atoms with E-state index >= 15 is 0 Å². The van der Waals surface area contributed by atoms with Gasteiger partial charge in [0.1, 0.15) is 5.60 Å². The molecule has 0 spiro atoms. The van der Waals surface area contributed by atoms with Crippen LogP contribution in [0.4, 0.5) is 0 Å². The van der Waals surface area contributed by atoms with Crippen molar-refractivity contribution in [1.82, 2.24) is 25.2 Å². The van der Waals surface area contributed by atoms with Gasteiger partial charge in [0.05, 0.1) is 19.8 Å². The number of pyridine rings is 1. The Hall–Kier alpha value is -1.54. The second-order valence-electron chi connectivity index (χ2n) is 5.10. The molecule has 0 aliphatic carbocycles. The second-order valence-corrected chi connectivity index (χ2v) is 5.10. The average molecular weight is 277 g/mol. The van der Waals surface area contributed by atoms with Gasteiger partial charge in [0.15, 0.2) is 11.5 Å². The lowest BCUT2D eigenvalue weighted by Gasteiger charge is -2.25. The monoisotopic (exact) mass is 277 g/mol. The minimum atomic E-state index is -0.878. The molecular weight excluding hydrogens is 258 g/mol. The molecule has 3 N–H and O–H groups in total. The van der Waals surface area contributed by atoms with Crippen molar-refractivity contribution in [2.45, 2.75) is 12.1 Å². The number of nitrogens with zero attached hydrogens (tertiary/aromatic N) is 3. The molecule has 0 unspecified atom stereocenters. The van der Waals surface area contributed by atoms with Gasteiger partial charge in [0.25, 0.3) is 0 Å². The number of nitrogens with one attached hydrogen (secondary N) is 2. The van der Waals surface area contributed by atoms with Crippen molar-refractivity contribution in [3.8, 4) is 0 Å². The van der Waals surface area contributed by atoms with Crippen molar-refractivity contribution in [1.29, 1.82) is 0 Å². The third-order valence-corrected chi connectivity index (χ3v) is 3.37. The maximum atomic E-state index is 10.4. The molecule has 0 aromatic carbocycles. The highest BCUT2D eigenvalue weighted by Crippen LogP contribution is 2.07. The minimum Gasteiger partial charge on any atom is -0.385 e. The van der Waals surface area contributed by atoms with Crippen LogP contribution in [0, 0.1) is 0 Å². The van der Waals surface area contributed by atoms with Gasteiger partial charge in [0, 0.05) is 25.8 Å². The fourth-order valence-electron chi connectivity index (χ4n) is 2.31. The van der Waals surface area contributed by atoms with Gasteiger partial charge in [-0.1, -0.05) is 6.07 Å². The van der Waals surface area contributed by atoms with E-state index in [-0.39, 0.29) is 0 Å². The number of hydrogen-bond donors (Lipinski definition) is 3. The van der Waals surface area contributed by atoms with Crippen molar-refractivity contribution in [3.05, 3.63) is 30.2 Å². The Bertz CT molecular complexity index is 563. The number of hydrogen-bond acceptors (Lipinski definition) is 6. The van der Waals surface area contributed by atoms with Gasteiger partial charge in [-0.3, -0.25) is 4.40 Å². The highest BCUT2D eigenvalue weighted by molar-refractivity contribution is 5.36. The normalized spacial score (nSPS) is 23.9. The van der Waals surface area contributed by atoms with Crippen LogP contribution in [0.15, 0.2) is 24.4 Å². The van der Waals surface area contributed by atoms with E-state index in [0.717, 1.165) is 18.0 Å². The summed E-state index contributed by atoms with van der Waals surface area (Å²) in [5.41, 5.74) is -0.0562. The molecule has 3 rings (SSSR count). The van der Waals surface area contributed by atoms with Crippen LogP contribution in [0.5, 0.6) is 0 Å². The predicted octanol–water partition coefficient (Wildman–Crippen LogP) is -0.830. The lowest BCUT2D eigenvalue weighted by Crippen LogP contribution is -2.50. The quantitative estimate of drug-likeness (QED) is 0.676. The van der Waals surface area contributed by atoms with E-state index in [2.05, 4.69) is 20.8 Å². The van der Waals surface area contributed by atoms with Crippen LogP contribution in [0.1, 0.15) is 5.82 Å². The smallest absolute Gasteiger partial charge is 0.160 e. The van der Waals surface area contributed by atoms with Crippen molar-refractivity contribution in [2.75, 3.05) is 32.8 Å². The van der Waals surface area contributed by atoms with Crippen LogP contribution >= 0.6 is 0 Å². The van der Waals surface area contributed by atoms with Crippen molar-refractivity contribution < 1.29 is 9.84 Å². The third-order valence-electron chi connectivity index (χ3n) is 3.37. The first kappa shape index (κ1) is 13.4. The maximum absolute atomic E-state index is 10.4. The van der Waals surface area contributed by atoms with Crippen LogP contribution in [0.2, 0.25) is 0 Å². The van der Waals surface area contributed by atoms with E-state index < -0.39 is 5.60 Å². The SMILES string of the molecule is O[C@@]1(CNCc2nnc3ccccn23)CNCCOC1. The summed E-state index contributed by atoms with van der Waals surface area (Å²) < 4.78 is 7.31. The first-order chi connectivity index (χ1) is 9.77. The van der Waals surface area contributed by atoms with Crippen LogP contribution in [-0.2, 0) is 11.3 Å². The average Bonchev–Trinajstić information content (AvgIpc) is 2.74. The number of β-amino-alcohol motifs (C(OH)–C–C–N with tert-alkyl or cyclic N) is 1. The third kappa shape index (κ3) is 2.96. The largest absolute Gasteiger partial charge is 0.385 e. The number of aliphatic hydroxyl groups is 1. The van der Waals surface area contributed by atoms with Gasteiger partial charge in [0.2, 0.25) is 0 Å². The maximum Gasteiger partial charge on any atom is 0.160 e. The minimum absolute atomic E-state index is 0.341. The zero-order chi connectivity index (χ0) is 13.8. The van der Waals surface area contributed by atoms with Gasteiger partial charge in [-0.05, 0) is 12.1 Å². The molecule has 7 nitrogen and oxygen atoms in total. The Balaban J connectivity index is 1.59. The molecule has 2 aromatic heterocycles. The molecule has 108 valence electrons. The summed E-state index contributed by atoms with van der Waals surface area (Å²) in [4.78, 5) is 0. The summed E-state index contributed by atoms with van der Waals surface area (Å²) in [5.74, 6) is 0.826. The molecule has 0 amide bonds. The Morgan fingerprint density at radius 2 is 2.40 bits per heavy atom. The molecule has 1 aliphatic rings. The molecule has 20 heavy (non-hydrogen) atoms. The van der Waals surface area contributed by atoms with Crippen LogP contribution in [0.3, 0.4) is 0 Å². The summed E-state index contributed by atoms with van der Waals surface area (Å²) >= 11 is 0. The first-order valence-corrected chi connectivity index (χ1v) is 6.77. The standard InChI is InChI=1S/C13H19N5O2/c19-13(8-14-4-6-20-10-13)9-15-7-12-17-16-11-3-1-2-5-18(11)12/h1-3,5,14-15,19H,4,6-10H2/t13-/m1/s1. The highest BCUT2D eigenvalue weighted by Gasteiger charge is 2.28. The zero-order valence-electron chi connectivity index (χ0n) is 11.2. The molecule has 0 bridgehead atoms. The number of aromatic nitrogens is 3. The summed E-state index contributed by atoms with van der Waals surface area (Å²) in [6.07, 6.45) is 1.93. The molecular formula is C13H19N5O2. The molecule has 0 saturated carbocycles. The van der Waals surface area contributed by atoms with Gasteiger partial charge in [-0.15, -0.1) is 10.2 Å². The van der Waals surface area contributed by atoms with Crippen molar-refractivity contribution in [3.63, 3.8) is 0 Å². The number of rotatable bonds is 4. The molecule has 2 aromatic rings. The van der Waals surface area contributed by atoms with Gasteiger partial charge in [-0.25, -0.2) is 0 Å². The van der Waals surface area contributed by atoms with E-state index in [1.165, 1.54) is 0 Å². The number of fused-ring (bicyclic) bond motifs is 1. The van der Waals surface area contributed by atoms with Crippen LogP contribution in [-0.4, -0.2) is 58.2 Å². The van der Waals surface area contributed by atoms with Crippen LogP contribution in [0.25, 0.3) is 5.65 Å². The fraction of sp³-hybridized carbons (Fsp3) is 0.538. The van der Waals surface area contributed by atoms with Crippen molar-refractivity contribution in [2.24, 2.45) is 0 Å². The van der Waals surface area contributed by atoms with E-state index in [0.29, 0.717) is 32.8 Å². The summed E-state index contributed by atoms with van der Waals surface area (Å²) in [6.45, 7) is 3.28. The second kappa shape index (κ2) is 5.84. The van der Waals surface area contributed by atoms with Gasteiger partial charge >= 0.3 is 0 Å². The predicted molar refractivity (Wildman–Crippen MR) is 73.3 cm³/mol. The molecule has 7 heteroatoms. The fourth-order valence-corrected chi connectivity index (χ4v) is 2.31. The van der Waals surface area contributed by atoms with E-state index in [9.17, 15) is 5.11 Å². The Morgan fingerprint density at radius 1 is 1.45 bits per heavy atom. The van der Waals surface area contributed by atoms with Gasteiger partial charge < -0.3 is 20.5 Å². The van der Waals surface area contributed by atoms with E-state index in [4.69, 9.17) is 4.74 Å². The first-order valence-electron chi connectivity index (χ1n) is 6.77. The topological polar surface area (TPSA) is 83.7 Å². The molecule has 1 fully saturated rings. The molecule has 1 atom stereocenters. The summed E-state index contributed by atoms with van der Waals surface area (Å²) in [5, 5.41) is 25.0. The Labute approximate surface area is 117 Å². The lowest BCUT2D eigenvalue weighted by atomic mass is 10.1. The zero-order valence-corrected chi connectivity index (χ0v) is 11.2. The highest BCUT2D eigenvalue weighted by atomic mass is 16.5. The number of ether oxygens (including phenoxy) is 1. The molecule has 3 heterocycles. The van der Waals surface area contributed by atoms with Gasteiger partial charge in [-0.2, -0.15) is 0 Å². The molecule has 0 radical (unpaired) electrons. The Kier molecular flexibility index (Phi) is 3.93. The van der Waals surface area contributed by atoms with E-state index in [1.54, 1.807) is 0 Å². The van der Waals surface area contributed by atoms with Crippen LogP contribution < -0.4 is 10.6 Å². The summed E-state index contributed by atoms with van der Waals surface area (Å²) in [6, 6.07) is 5.78. The summed E-state index contributed by atoms with van der Waals surface area (Å²) in [7, 11) is 0. The molecule has 1 aliphatic heterocycles. The van der Waals surface area contributed by atoms with Crippen molar-refractivity contribution >= 4 is 5.65 Å². The lowest BCUT2D eigenvalue weighted by molar-refractivity contribution is -0.0265. The molecule has 1 saturated heterocycles. The Morgan fingerprint density at radius 3 is 3.35 bits per heavy atom. The van der Waals surface area contributed by atoms with E-state index in [1.807, 2.05) is 28.8 Å².